The van der Waals surface area contributed by atoms with E-state index in [0.717, 1.165) is 13.1 Å². The van der Waals surface area contributed by atoms with Crippen LogP contribution in [0.15, 0.2) is 30.5 Å². The molecule has 0 radical (unpaired) electrons. The number of benzene rings is 1. The molecule has 0 aliphatic rings. The van der Waals surface area contributed by atoms with E-state index in [2.05, 4.69) is 61.6 Å². The highest BCUT2D eigenvalue weighted by molar-refractivity contribution is 5.22. The quantitative estimate of drug-likeness (QED) is 0.891. The molecule has 0 saturated heterocycles. The predicted molar refractivity (Wildman–Crippen MR) is 79.0 cm³/mol. The molecule has 0 fully saturated rings. The Kier molecular flexibility index (Phi) is 4.38. The average molecular weight is 257 g/mol. The maximum Gasteiger partial charge on any atom is 0.0694 e. The largest absolute Gasteiger partial charge is 0.308 e. The molecule has 0 atom stereocenters. The van der Waals surface area contributed by atoms with E-state index in [1.807, 2.05) is 11.7 Å². The van der Waals surface area contributed by atoms with E-state index in [-0.39, 0.29) is 0 Å². The summed E-state index contributed by atoms with van der Waals surface area (Å²) in [5.74, 6) is 0.470. The molecule has 0 spiro atoms. The second-order valence-corrected chi connectivity index (χ2v) is 5.46. The van der Waals surface area contributed by atoms with Crippen LogP contribution in [0.2, 0.25) is 0 Å². The molecule has 0 saturated carbocycles. The van der Waals surface area contributed by atoms with Crippen LogP contribution in [0.4, 0.5) is 0 Å². The first-order valence-corrected chi connectivity index (χ1v) is 6.85. The number of hydrogen-bond donors (Lipinski definition) is 1. The monoisotopic (exact) mass is 257 g/mol. The summed E-state index contributed by atoms with van der Waals surface area (Å²) in [5, 5.41) is 8.02. The molecule has 0 aliphatic carbocycles. The minimum atomic E-state index is 0.470. The van der Waals surface area contributed by atoms with E-state index in [4.69, 9.17) is 0 Å². The van der Waals surface area contributed by atoms with Gasteiger partial charge in [-0.25, -0.2) is 0 Å². The van der Waals surface area contributed by atoms with Crippen LogP contribution in [0, 0.1) is 6.92 Å². The zero-order chi connectivity index (χ0) is 13.8. The molecule has 1 N–H and O–H groups in total. The Morgan fingerprint density at radius 3 is 2.47 bits per heavy atom. The van der Waals surface area contributed by atoms with Crippen LogP contribution in [-0.2, 0) is 20.1 Å². The Morgan fingerprint density at radius 1 is 1.16 bits per heavy atom. The Hall–Kier alpha value is -1.61. The number of aryl methyl sites for hydroxylation is 2. The summed E-state index contributed by atoms with van der Waals surface area (Å²) < 4.78 is 1.90. The van der Waals surface area contributed by atoms with Crippen molar-refractivity contribution in [2.45, 2.75) is 39.8 Å². The first-order chi connectivity index (χ1) is 9.06. The second kappa shape index (κ2) is 6.02. The second-order valence-electron chi connectivity index (χ2n) is 5.46. The van der Waals surface area contributed by atoms with Crippen molar-refractivity contribution in [3.63, 3.8) is 0 Å². The average Bonchev–Trinajstić information content (AvgIpc) is 2.73. The lowest BCUT2D eigenvalue weighted by Gasteiger charge is -2.07. The SMILES string of the molecule is Cc1ccc(CNCc2cn(C)nc2C(C)C)cc1. The van der Waals surface area contributed by atoms with Gasteiger partial charge in [-0.1, -0.05) is 43.7 Å². The molecule has 0 aliphatic heterocycles. The summed E-state index contributed by atoms with van der Waals surface area (Å²) in [7, 11) is 1.98. The molecule has 0 unspecified atom stereocenters. The van der Waals surface area contributed by atoms with Crippen LogP contribution < -0.4 is 5.32 Å². The minimum Gasteiger partial charge on any atom is -0.308 e. The van der Waals surface area contributed by atoms with Gasteiger partial charge in [0, 0.05) is 31.9 Å². The van der Waals surface area contributed by atoms with Gasteiger partial charge in [0.15, 0.2) is 0 Å². The first kappa shape index (κ1) is 13.8. The third kappa shape index (κ3) is 3.67. The number of nitrogens with zero attached hydrogens (tertiary/aromatic N) is 2. The Morgan fingerprint density at radius 2 is 1.84 bits per heavy atom. The van der Waals surface area contributed by atoms with Crippen LogP contribution >= 0.6 is 0 Å². The minimum absolute atomic E-state index is 0.470. The summed E-state index contributed by atoms with van der Waals surface area (Å²) in [6.45, 7) is 8.25. The van der Waals surface area contributed by atoms with Gasteiger partial charge in [0.05, 0.1) is 5.69 Å². The lowest BCUT2D eigenvalue weighted by Crippen LogP contribution is -2.13. The van der Waals surface area contributed by atoms with Gasteiger partial charge in [-0.15, -0.1) is 0 Å². The van der Waals surface area contributed by atoms with Gasteiger partial charge in [-0.3, -0.25) is 4.68 Å². The maximum absolute atomic E-state index is 4.52. The van der Waals surface area contributed by atoms with E-state index in [1.165, 1.54) is 22.4 Å². The van der Waals surface area contributed by atoms with E-state index >= 15 is 0 Å². The fourth-order valence-electron chi connectivity index (χ4n) is 2.22. The molecule has 1 aromatic heterocycles. The van der Waals surface area contributed by atoms with Gasteiger partial charge >= 0.3 is 0 Å². The van der Waals surface area contributed by atoms with E-state index < -0.39 is 0 Å². The summed E-state index contributed by atoms with van der Waals surface area (Å²) >= 11 is 0. The van der Waals surface area contributed by atoms with E-state index in [9.17, 15) is 0 Å². The van der Waals surface area contributed by atoms with Crippen molar-refractivity contribution in [3.05, 3.63) is 52.8 Å². The topological polar surface area (TPSA) is 29.9 Å². The van der Waals surface area contributed by atoms with Gasteiger partial charge in [-0.05, 0) is 18.4 Å². The summed E-state index contributed by atoms with van der Waals surface area (Å²) in [6.07, 6.45) is 2.11. The van der Waals surface area contributed by atoms with Crippen molar-refractivity contribution in [3.8, 4) is 0 Å². The Labute approximate surface area is 115 Å². The van der Waals surface area contributed by atoms with Gasteiger partial charge in [-0.2, -0.15) is 5.10 Å². The first-order valence-electron chi connectivity index (χ1n) is 6.85. The van der Waals surface area contributed by atoms with Crippen molar-refractivity contribution in [2.75, 3.05) is 0 Å². The van der Waals surface area contributed by atoms with E-state index in [1.54, 1.807) is 0 Å². The molecule has 1 aromatic carbocycles. The highest BCUT2D eigenvalue weighted by Crippen LogP contribution is 2.17. The van der Waals surface area contributed by atoms with Gasteiger partial charge in [0.25, 0.3) is 0 Å². The number of hydrogen-bond acceptors (Lipinski definition) is 2. The number of nitrogens with one attached hydrogen (secondary N) is 1. The fraction of sp³-hybridized carbons (Fsp3) is 0.438. The van der Waals surface area contributed by atoms with Crippen molar-refractivity contribution in [2.24, 2.45) is 7.05 Å². The zero-order valence-electron chi connectivity index (χ0n) is 12.3. The molecular weight excluding hydrogens is 234 g/mol. The highest BCUT2D eigenvalue weighted by Gasteiger charge is 2.10. The van der Waals surface area contributed by atoms with Crippen LogP contribution in [0.25, 0.3) is 0 Å². The van der Waals surface area contributed by atoms with Gasteiger partial charge in [0.2, 0.25) is 0 Å². The van der Waals surface area contributed by atoms with Crippen molar-refractivity contribution in [1.82, 2.24) is 15.1 Å². The molecule has 0 amide bonds. The molecule has 2 aromatic rings. The highest BCUT2D eigenvalue weighted by atomic mass is 15.3. The van der Waals surface area contributed by atoms with Gasteiger partial charge < -0.3 is 5.32 Å². The molecule has 0 bridgehead atoms. The Balaban J connectivity index is 1.94. The summed E-state index contributed by atoms with van der Waals surface area (Å²) in [6, 6.07) is 8.66. The normalized spacial score (nSPS) is 11.2. The lowest BCUT2D eigenvalue weighted by molar-refractivity contribution is 0.678. The third-order valence-electron chi connectivity index (χ3n) is 3.25. The molecule has 2 rings (SSSR count). The molecule has 3 nitrogen and oxygen atoms in total. The number of aromatic nitrogens is 2. The standard InChI is InChI=1S/C16H23N3/c1-12(2)16-15(11-19(4)18-16)10-17-9-14-7-5-13(3)6-8-14/h5-8,11-12,17H,9-10H2,1-4H3. The van der Waals surface area contributed by atoms with Gasteiger partial charge in [0.1, 0.15) is 0 Å². The maximum atomic E-state index is 4.52. The van der Waals surface area contributed by atoms with Crippen LogP contribution in [0.3, 0.4) is 0 Å². The molecule has 19 heavy (non-hydrogen) atoms. The lowest BCUT2D eigenvalue weighted by atomic mass is 10.1. The van der Waals surface area contributed by atoms with Crippen molar-refractivity contribution < 1.29 is 0 Å². The fourth-order valence-corrected chi connectivity index (χ4v) is 2.22. The van der Waals surface area contributed by atoms with Crippen molar-refractivity contribution >= 4 is 0 Å². The summed E-state index contributed by atoms with van der Waals surface area (Å²) in [5.41, 5.74) is 5.11. The third-order valence-corrected chi connectivity index (χ3v) is 3.25. The van der Waals surface area contributed by atoms with Crippen LogP contribution in [0.1, 0.15) is 42.1 Å². The molecular formula is C16H23N3. The number of rotatable bonds is 5. The molecule has 102 valence electrons. The van der Waals surface area contributed by atoms with Crippen LogP contribution in [-0.4, -0.2) is 9.78 Å². The smallest absolute Gasteiger partial charge is 0.0694 e. The molecule has 1 heterocycles. The van der Waals surface area contributed by atoms with E-state index in [0.29, 0.717) is 5.92 Å². The van der Waals surface area contributed by atoms with Crippen molar-refractivity contribution in [1.29, 1.82) is 0 Å². The Bertz CT molecular complexity index is 523. The molecule has 3 heteroatoms. The predicted octanol–water partition coefficient (Wildman–Crippen LogP) is 3.14. The zero-order valence-corrected chi connectivity index (χ0v) is 12.3. The van der Waals surface area contributed by atoms with Crippen LogP contribution in [0.5, 0.6) is 0 Å². The summed E-state index contributed by atoms with van der Waals surface area (Å²) in [4.78, 5) is 0.